The molecule has 124 valence electrons. The molecule has 0 spiro atoms. The number of hydrogen-bond donors (Lipinski definition) is 0. The molecule has 22 heavy (non-hydrogen) atoms. The summed E-state index contributed by atoms with van der Waals surface area (Å²) in [5.74, 6) is 1.33. The first-order valence-corrected chi connectivity index (χ1v) is 9.45. The van der Waals surface area contributed by atoms with E-state index in [1.807, 2.05) is 0 Å². The zero-order valence-electron chi connectivity index (χ0n) is 15.0. The first kappa shape index (κ1) is 15.0. The summed E-state index contributed by atoms with van der Waals surface area (Å²) in [5.41, 5.74) is 1.22. The van der Waals surface area contributed by atoms with E-state index in [-0.39, 0.29) is 5.41 Å². The van der Waals surface area contributed by atoms with E-state index < -0.39 is 0 Å². The summed E-state index contributed by atoms with van der Waals surface area (Å²) in [7, 11) is 0. The maximum Gasteiger partial charge on any atom is 0.228 e. The molecule has 5 aliphatic rings. The number of likely N-dealkylation sites (tertiary alicyclic amines) is 1. The Bertz CT molecular complexity index is 448. The van der Waals surface area contributed by atoms with Crippen LogP contribution in [0.25, 0.3) is 0 Å². The van der Waals surface area contributed by atoms with E-state index in [0.717, 1.165) is 38.3 Å². The van der Waals surface area contributed by atoms with Gasteiger partial charge >= 0.3 is 0 Å². The van der Waals surface area contributed by atoms with E-state index in [1.165, 1.54) is 32.1 Å². The Morgan fingerprint density at radius 2 is 1.23 bits per heavy atom. The van der Waals surface area contributed by atoms with Crippen LogP contribution in [0.5, 0.6) is 0 Å². The van der Waals surface area contributed by atoms with E-state index in [9.17, 15) is 4.79 Å². The fourth-order valence-electron chi connectivity index (χ4n) is 8.07. The van der Waals surface area contributed by atoms with Gasteiger partial charge in [0.1, 0.15) is 0 Å². The minimum atomic E-state index is -0.0203. The smallest absolute Gasteiger partial charge is 0.228 e. The molecular formula is C20H33NO. The molecule has 2 heteroatoms. The Kier molecular flexibility index (Phi) is 2.94. The van der Waals surface area contributed by atoms with Gasteiger partial charge in [-0.3, -0.25) is 4.79 Å². The molecule has 4 bridgehead atoms. The van der Waals surface area contributed by atoms with Crippen molar-refractivity contribution in [3.63, 3.8) is 0 Å². The summed E-state index contributed by atoms with van der Waals surface area (Å²) in [6.45, 7) is 11.8. The zero-order valence-corrected chi connectivity index (χ0v) is 15.0. The second-order valence-corrected chi connectivity index (χ2v) is 10.7. The Morgan fingerprint density at radius 3 is 1.64 bits per heavy atom. The zero-order chi connectivity index (χ0) is 15.8. The molecule has 5 rings (SSSR count). The summed E-state index contributed by atoms with van der Waals surface area (Å²) in [5, 5.41) is 0. The molecule has 1 amide bonds. The first-order valence-electron chi connectivity index (χ1n) is 9.45. The van der Waals surface area contributed by atoms with E-state index in [4.69, 9.17) is 0 Å². The van der Waals surface area contributed by atoms with Crippen molar-refractivity contribution in [2.45, 2.75) is 79.1 Å². The highest BCUT2D eigenvalue weighted by atomic mass is 16.2. The average molecular weight is 303 g/mol. The molecule has 5 fully saturated rings. The molecular weight excluding hydrogens is 270 g/mol. The molecule has 0 radical (unpaired) electrons. The van der Waals surface area contributed by atoms with Gasteiger partial charge in [-0.05, 0) is 73.5 Å². The number of hydrogen-bond acceptors (Lipinski definition) is 1. The summed E-state index contributed by atoms with van der Waals surface area (Å²) < 4.78 is 0. The van der Waals surface area contributed by atoms with Crippen LogP contribution in [-0.2, 0) is 4.79 Å². The van der Waals surface area contributed by atoms with Crippen molar-refractivity contribution in [1.29, 1.82) is 0 Å². The first-order chi connectivity index (χ1) is 10.2. The van der Waals surface area contributed by atoms with Gasteiger partial charge < -0.3 is 4.90 Å². The maximum absolute atomic E-state index is 13.5. The molecule has 0 N–H and O–H groups in total. The Labute approximate surface area is 136 Å². The lowest BCUT2D eigenvalue weighted by molar-refractivity contribution is -0.199. The molecule has 2 nitrogen and oxygen atoms in total. The van der Waals surface area contributed by atoms with E-state index in [1.54, 1.807) is 0 Å². The topological polar surface area (TPSA) is 20.3 Å². The fraction of sp³-hybridized carbons (Fsp3) is 0.950. The molecule has 1 heterocycles. The predicted molar refractivity (Wildman–Crippen MR) is 89.4 cm³/mol. The lowest BCUT2D eigenvalue weighted by atomic mass is 9.36. The van der Waals surface area contributed by atoms with Crippen LogP contribution in [0.1, 0.15) is 79.1 Å². The highest BCUT2D eigenvalue weighted by molar-refractivity contribution is 5.83. The van der Waals surface area contributed by atoms with Crippen LogP contribution < -0.4 is 0 Å². The Morgan fingerprint density at radius 1 is 0.818 bits per heavy atom. The third kappa shape index (κ3) is 2.16. The average Bonchev–Trinajstić information content (AvgIpc) is 2.33. The summed E-state index contributed by atoms with van der Waals surface area (Å²) in [4.78, 5) is 15.8. The number of carbonyl (C=O) groups is 1. The molecule has 0 aromatic carbocycles. The Hall–Kier alpha value is -0.530. The maximum atomic E-state index is 13.5. The number of piperidine rings is 1. The van der Waals surface area contributed by atoms with Crippen molar-refractivity contribution in [3.05, 3.63) is 0 Å². The predicted octanol–water partition coefficient (Wildman–Crippen LogP) is 4.63. The number of carbonyl (C=O) groups excluding carboxylic acids is 1. The minimum absolute atomic E-state index is 0.0203. The second kappa shape index (κ2) is 4.30. The van der Waals surface area contributed by atoms with Crippen LogP contribution in [0.2, 0.25) is 0 Å². The SMILES string of the molecule is CC1CCN(C(=O)C23CC4(C)CC(C)(CC(C)(C4)C2)C3)CC1. The van der Waals surface area contributed by atoms with E-state index in [2.05, 4.69) is 32.6 Å². The van der Waals surface area contributed by atoms with E-state index >= 15 is 0 Å². The van der Waals surface area contributed by atoms with Crippen molar-refractivity contribution in [2.24, 2.45) is 27.6 Å². The van der Waals surface area contributed by atoms with Crippen LogP contribution >= 0.6 is 0 Å². The van der Waals surface area contributed by atoms with Crippen molar-refractivity contribution < 1.29 is 4.79 Å². The van der Waals surface area contributed by atoms with E-state index in [0.29, 0.717) is 22.2 Å². The normalized spacial score (nSPS) is 51.4. The van der Waals surface area contributed by atoms with Crippen molar-refractivity contribution in [3.8, 4) is 0 Å². The largest absolute Gasteiger partial charge is 0.342 e. The molecule has 1 aliphatic heterocycles. The van der Waals surface area contributed by atoms with Gasteiger partial charge in [-0.1, -0.05) is 27.7 Å². The summed E-state index contributed by atoms with van der Waals surface area (Å²) >= 11 is 0. The minimum Gasteiger partial charge on any atom is -0.342 e. The molecule has 4 aliphatic carbocycles. The molecule has 1 saturated heterocycles. The molecule has 4 saturated carbocycles. The van der Waals surface area contributed by atoms with Crippen molar-refractivity contribution in [1.82, 2.24) is 4.90 Å². The van der Waals surface area contributed by atoms with Gasteiger partial charge in [0, 0.05) is 13.1 Å². The number of rotatable bonds is 1. The highest BCUT2D eigenvalue weighted by Gasteiger charge is 2.66. The summed E-state index contributed by atoms with van der Waals surface area (Å²) in [6.07, 6.45) is 9.94. The molecule has 0 unspecified atom stereocenters. The lowest BCUT2D eigenvalue weighted by Crippen LogP contribution is -2.63. The standard InChI is InChI=1S/C20H33NO/c1-15-5-7-21(8-6-15)16(22)20-12-17(2)9-18(3,13-20)11-19(4,10-17)14-20/h15H,5-14H2,1-4H3. The van der Waals surface area contributed by atoms with Gasteiger partial charge in [-0.15, -0.1) is 0 Å². The van der Waals surface area contributed by atoms with Gasteiger partial charge in [0.25, 0.3) is 0 Å². The third-order valence-corrected chi connectivity index (χ3v) is 7.38. The van der Waals surface area contributed by atoms with Crippen LogP contribution in [0, 0.1) is 27.6 Å². The second-order valence-electron chi connectivity index (χ2n) is 10.7. The van der Waals surface area contributed by atoms with Gasteiger partial charge in [-0.2, -0.15) is 0 Å². The highest BCUT2D eigenvalue weighted by Crippen LogP contribution is 2.73. The lowest BCUT2D eigenvalue weighted by Gasteiger charge is -2.68. The van der Waals surface area contributed by atoms with Crippen LogP contribution in [0.3, 0.4) is 0 Å². The van der Waals surface area contributed by atoms with Gasteiger partial charge in [0.15, 0.2) is 0 Å². The summed E-state index contributed by atoms with van der Waals surface area (Å²) in [6, 6.07) is 0. The number of nitrogens with zero attached hydrogens (tertiary/aromatic N) is 1. The van der Waals surface area contributed by atoms with Gasteiger partial charge in [0.05, 0.1) is 5.41 Å². The van der Waals surface area contributed by atoms with Crippen molar-refractivity contribution in [2.75, 3.05) is 13.1 Å². The molecule has 0 atom stereocenters. The Balaban J connectivity index is 1.64. The fourth-order valence-corrected chi connectivity index (χ4v) is 8.07. The monoisotopic (exact) mass is 303 g/mol. The van der Waals surface area contributed by atoms with Crippen LogP contribution in [0.4, 0.5) is 0 Å². The van der Waals surface area contributed by atoms with Gasteiger partial charge in [-0.25, -0.2) is 0 Å². The van der Waals surface area contributed by atoms with Crippen LogP contribution in [-0.4, -0.2) is 23.9 Å². The third-order valence-electron chi connectivity index (χ3n) is 7.38. The number of amides is 1. The quantitative estimate of drug-likeness (QED) is 0.691. The van der Waals surface area contributed by atoms with Crippen LogP contribution in [0.15, 0.2) is 0 Å². The van der Waals surface area contributed by atoms with Gasteiger partial charge in [0.2, 0.25) is 5.91 Å². The molecule has 0 aromatic heterocycles. The molecule has 0 aromatic rings. The van der Waals surface area contributed by atoms with Crippen molar-refractivity contribution >= 4 is 5.91 Å².